The number of carboxylic acids is 1. The smallest absolute Gasteiger partial charge is 0.303 e. The summed E-state index contributed by atoms with van der Waals surface area (Å²) in [5.74, 6) is -1.18. The highest BCUT2D eigenvalue weighted by molar-refractivity contribution is 5.97. The number of rotatable bonds is 5. The predicted octanol–water partition coefficient (Wildman–Crippen LogP) is 1.92. The SMILES string of the molecule is O=C(O)CCC(=O)c1cnn(-c2ccccc2)c1. The molecule has 0 radical (unpaired) electrons. The Morgan fingerprint density at radius 3 is 2.56 bits per heavy atom. The third-order valence-corrected chi connectivity index (χ3v) is 2.49. The van der Waals surface area contributed by atoms with Crippen LogP contribution in [0.4, 0.5) is 0 Å². The summed E-state index contributed by atoms with van der Waals surface area (Å²) in [6.07, 6.45) is 2.90. The summed E-state index contributed by atoms with van der Waals surface area (Å²) >= 11 is 0. The minimum absolute atomic E-state index is 0.00415. The number of hydrogen-bond acceptors (Lipinski definition) is 3. The molecular weight excluding hydrogens is 232 g/mol. The Morgan fingerprint density at radius 1 is 1.17 bits per heavy atom. The molecule has 0 amide bonds. The maximum Gasteiger partial charge on any atom is 0.303 e. The zero-order chi connectivity index (χ0) is 13.0. The molecule has 1 aromatic heterocycles. The van der Waals surface area contributed by atoms with Crippen LogP contribution in [-0.4, -0.2) is 26.6 Å². The quantitative estimate of drug-likeness (QED) is 0.815. The Bertz CT molecular complexity index is 561. The molecule has 0 unspecified atom stereocenters. The van der Waals surface area contributed by atoms with Crippen LogP contribution in [-0.2, 0) is 4.79 Å². The predicted molar refractivity (Wildman–Crippen MR) is 64.8 cm³/mol. The van der Waals surface area contributed by atoms with Gasteiger partial charge >= 0.3 is 5.97 Å². The van der Waals surface area contributed by atoms with Crippen LogP contribution in [0.5, 0.6) is 0 Å². The molecule has 0 saturated heterocycles. The number of benzene rings is 1. The number of aliphatic carboxylic acids is 1. The first-order chi connectivity index (χ1) is 8.66. The van der Waals surface area contributed by atoms with E-state index in [2.05, 4.69) is 5.10 Å². The lowest BCUT2D eigenvalue weighted by Gasteiger charge is -1.98. The molecule has 2 aromatic rings. The Labute approximate surface area is 104 Å². The lowest BCUT2D eigenvalue weighted by atomic mass is 10.1. The summed E-state index contributed by atoms with van der Waals surface area (Å²) < 4.78 is 1.59. The number of carbonyl (C=O) groups excluding carboxylic acids is 1. The second-order valence-electron chi connectivity index (χ2n) is 3.83. The minimum atomic E-state index is -0.973. The van der Waals surface area contributed by atoms with Gasteiger partial charge in [-0.25, -0.2) is 4.68 Å². The van der Waals surface area contributed by atoms with E-state index in [-0.39, 0.29) is 18.6 Å². The molecule has 2 rings (SSSR count). The van der Waals surface area contributed by atoms with Gasteiger partial charge in [0, 0.05) is 12.6 Å². The van der Waals surface area contributed by atoms with E-state index in [1.165, 1.54) is 6.20 Å². The van der Waals surface area contributed by atoms with Gasteiger partial charge < -0.3 is 5.11 Å². The average molecular weight is 244 g/mol. The lowest BCUT2D eigenvalue weighted by molar-refractivity contribution is -0.136. The van der Waals surface area contributed by atoms with E-state index >= 15 is 0 Å². The zero-order valence-corrected chi connectivity index (χ0v) is 9.61. The van der Waals surface area contributed by atoms with Gasteiger partial charge in [0.2, 0.25) is 0 Å². The van der Waals surface area contributed by atoms with Gasteiger partial charge in [0.15, 0.2) is 5.78 Å². The number of carbonyl (C=O) groups is 2. The third kappa shape index (κ3) is 2.82. The van der Waals surface area contributed by atoms with Crippen LogP contribution in [0.2, 0.25) is 0 Å². The van der Waals surface area contributed by atoms with Crippen LogP contribution in [0.3, 0.4) is 0 Å². The molecule has 18 heavy (non-hydrogen) atoms. The van der Waals surface area contributed by atoms with Crippen LogP contribution in [0.15, 0.2) is 42.7 Å². The number of hydrogen-bond donors (Lipinski definition) is 1. The van der Waals surface area contributed by atoms with Crippen molar-refractivity contribution < 1.29 is 14.7 Å². The average Bonchev–Trinajstić information content (AvgIpc) is 2.86. The number of Topliss-reactive ketones (excluding diaryl/α,β-unsaturated/α-hetero) is 1. The molecule has 5 nitrogen and oxygen atoms in total. The van der Waals surface area contributed by atoms with Crippen molar-refractivity contribution in [2.75, 3.05) is 0 Å². The Morgan fingerprint density at radius 2 is 1.89 bits per heavy atom. The third-order valence-electron chi connectivity index (χ3n) is 2.49. The fraction of sp³-hybridized carbons (Fsp3) is 0.154. The van der Waals surface area contributed by atoms with Crippen LogP contribution in [0.1, 0.15) is 23.2 Å². The van der Waals surface area contributed by atoms with E-state index in [0.29, 0.717) is 5.56 Å². The molecule has 1 N–H and O–H groups in total. The highest BCUT2D eigenvalue weighted by atomic mass is 16.4. The number of ketones is 1. The van der Waals surface area contributed by atoms with Crippen molar-refractivity contribution in [2.45, 2.75) is 12.8 Å². The summed E-state index contributed by atoms with van der Waals surface area (Å²) in [6, 6.07) is 9.40. The van der Waals surface area contributed by atoms with E-state index in [9.17, 15) is 9.59 Å². The summed E-state index contributed by atoms with van der Waals surface area (Å²) in [7, 11) is 0. The standard InChI is InChI=1S/C13H12N2O3/c16-12(6-7-13(17)18)10-8-14-15(9-10)11-4-2-1-3-5-11/h1-5,8-9H,6-7H2,(H,17,18). The number of carboxylic acid groups (broad SMARTS) is 1. The zero-order valence-electron chi connectivity index (χ0n) is 9.61. The van der Waals surface area contributed by atoms with Gasteiger partial charge in [-0.15, -0.1) is 0 Å². The van der Waals surface area contributed by atoms with E-state index in [4.69, 9.17) is 5.11 Å². The van der Waals surface area contributed by atoms with E-state index < -0.39 is 5.97 Å². The molecule has 0 aliphatic heterocycles. The first-order valence-corrected chi connectivity index (χ1v) is 5.52. The van der Waals surface area contributed by atoms with Gasteiger partial charge in [0.25, 0.3) is 0 Å². The summed E-state index contributed by atoms with van der Waals surface area (Å²) in [6.45, 7) is 0. The molecule has 0 saturated carbocycles. The number of nitrogens with zero attached hydrogens (tertiary/aromatic N) is 2. The summed E-state index contributed by atoms with van der Waals surface area (Å²) in [5.41, 5.74) is 1.29. The van der Waals surface area contributed by atoms with Crippen molar-refractivity contribution in [3.8, 4) is 5.69 Å². The first-order valence-electron chi connectivity index (χ1n) is 5.52. The largest absolute Gasteiger partial charge is 0.481 e. The molecule has 0 aliphatic rings. The topological polar surface area (TPSA) is 72.2 Å². The maximum atomic E-state index is 11.7. The highest BCUT2D eigenvalue weighted by Gasteiger charge is 2.11. The summed E-state index contributed by atoms with van der Waals surface area (Å²) in [4.78, 5) is 22.1. The first kappa shape index (κ1) is 12.0. The lowest BCUT2D eigenvalue weighted by Crippen LogP contribution is -2.02. The van der Waals surface area contributed by atoms with Crippen LogP contribution in [0, 0.1) is 0 Å². The van der Waals surface area contributed by atoms with Crippen molar-refractivity contribution in [3.05, 3.63) is 48.3 Å². The molecule has 1 aromatic carbocycles. The molecule has 1 heterocycles. The van der Waals surface area contributed by atoms with Crippen LogP contribution in [0.25, 0.3) is 5.69 Å². The molecule has 0 aliphatic carbocycles. The van der Waals surface area contributed by atoms with Gasteiger partial charge in [-0.05, 0) is 12.1 Å². The molecule has 92 valence electrons. The molecule has 0 atom stereocenters. The van der Waals surface area contributed by atoms with Gasteiger partial charge in [-0.2, -0.15) is 5.10 Å². The second-order valence-corrected chi connectivity index (χ2v) is 3.83. The van der Waals surface area contributed by atoms with Crippen LogP contribution >= 0.6 is 0 Å². The van der Waals surface area contributed by atoms with Crippen molar-refractivity contribution in [3.63, 3.8) is 0 Å². The van der Waals surface area contributed by atoms with E-state index in [0.717, 1.165) is 5.69 Å². The molecule has 0 spiro atoms. The van der Waals surface area contributed by atoms with Gasteiger partial charge in [0.05, 0.1) is 23.9 Å². The molecule has 5 heteroatoms. The molecule has 0 fully saturated rings. The molecule has 0 bridgehead atoms. The fourth-order valence-corrected chi connectivity index (χ4v) is 1.55. The minimum Gasteiger partial charge on any atom is -0.481 e. The fourth-order valence-electron chi connectivity index (χ4n) is 1.55. The number of aromatic nitrogens is 2. The van der Waals surface area contributed by atoms with Crippen molar-refractivity contribution >= 4 is 11.8 Å². The summed E-state index contributed by atoms with van der Waals surface area (Å²) in [5, 5.41) is 12.6. The monoisotopic (exact) mass is 244 g/mol. The highest BCUT2D eigenvalue weighted by Crippen LogP contribution is 2.10. The van der Waals surface area contributed by atoms with Crippen molar-refractivity contribution in [1.29, 1.82) is 0 Å². The van der Waals surface area contributed by atoms with Crippen LogP contribution < -0.4 is 0 Å². The second kappa shape index (κ2) is 5.27. The normalized spacial score (nSPS) is 10.2. The van der Waals surface area contributed by atoms with Crippen molar-refractivity contribution in [1.82, 2.24) is 9.78 Å². The van der Waals surface area contributed by atoms with Gasteiger partial charge in [-0.3, -0.25) is 9.59 Å². The van der Waals surface area contributed by atoms with Gasteiger partial charge in [-0.1, -0.05) is 18.2 Å². The Balaban J connectivity index is 2.11. The molecular formula is C13H12N2O3. The van der Waals surface area contributed by atoms with Gasteiger partial charge in [0.1, 0.15) is 0 Å². The van der Waals surface area contributed by atoms with Crippen molar-refractivity contribution in [2.24, 2.45) is 0 Å². The Hall–Kier alpha value is -2.43. The maximum absolute atomic E-state index is 11.7. The Kier molecular flexibility index (Phi) is 3.52. The van der Waals surface area contributed by atoms with E-state index in [1.54, 1.807) is 10.9 Å². The number of para-hydroxylation sites is 1. The van der Waals surface area contributed by atoms with E-state index in [1.807, 2.05) is 30.3 Å².